The number of rotatable bonds is 4. The predicted octanol–water partition coefficient (Wildman–Crippen LogP) is 1.58. The van der Waals surface area contributed by atoms with Crippen LogP contribution < -0.4 is 10.6 Å². The maximum atomic E-state index is 12.9. The molecule has 0 bridgehead atoms. The third-order valence-corrected chi connectivity index (χ3v) is 4.25. The molecule has 6 heteroatoms. The fourth-order valence-electron chi connectivity index (χ4n) is 2.97. The zero-order valence-corrected chi connectivity index (χ0v) is 12.6. The Balaban J connectivity index is 1.88. The van der Waals surface area contributed by atoms with Crippen molar-refractivity contribution in [3.8, 4) is 0 Å². The number of nitrogens with zero attached hydrogens (tertiary/aromatic N) is 2. The van der Waals surface area contributed by atoms with E-state index in [2.05, 4.69) is 20.6 Å². The van der Waals surface area contributed by atoms with Gasteiger partial charge in [-0.15, -0.1) is 0 Å². The number of hydrogen-bond acceptors (Lipinski definition) is 5. The minimum atomic E-state index is -0.474. The van der Waals surface area contributed by atoms with Gasteiger partial charge in [-0.05, 0) is 38.1 Å². The Morgan fingerprint density at radius 2 is 2.18 bits per heavy atom. The number of carbonyl (C=O) groups is 1. The van der Waals surface area contributed by atoms with Gasteiger partial charge in [0.2, 0.25) is 5.91 Å². The number of pyridine rings is 2. The van der Waals surface area contributed by atoms with Crippen LogP contribution in [-0.4, -0.2) is 42.7 Å². The van der Waals surface area contributed by atoms with Gasteiger partial charge in [-0.2, -0.15) is 0 Å². The van der Waals surface area contributed by atoms with Crippen molar-refractivity contribution in [1.29, 1.82) is 0 Å². The monoisotopic (exact) mass is 300 g/mol. The molecular weight excluding hydrogens is 280 g/mol. The maximum Gasteiger partial charge on any atom is 0.233 e. The summed E-state index contributed by atoms with van der Waals surface area (Å²) in [6.45, 7) is 2.09. The Labute approximate surface area is 129 Å². The number of piperidine rings is 1. The molecule has 1 amide bonds. The van der Waals surface area contributed by atoms with Gasteiger partial charge in [0.25, 0.3) is 0 Å². The van der Waals surface area contributed by atoms with Gasteiger partial charge < -0.3 is 15.4 Å². The van der Waals surface area contributed by atoms with E-state index in [4.69, 9.17) is 4.74 Å². The van der Waals surface area contributed by atoms with Crippen LogP contribution in [-0.2, 0) is 9.53 Å². The van der Waals surface area contributed by atoms with Crippen molar-refractivity contribution >= 4 is 22.5 Å². The molecule has 0 radical (unpaired) electrons. The lowest BCUT2D eigenvalue weighted by Crippen LogP contribution is -2.47. The van der Waals surface area contributed by atoms with Crippen LogP contribution in [0.15, 0.2) is 30.7 Å². The quantitative estimate of drug-likeness (QED) is 0.896. The predicted molar refractivity (Wildman–Crippen MR) is 84.6 cm³/mol. The van der Waals surface area contributed by atoms with Crippen LogP contribution in [0.4, 0.5) is 5.69 Å². The number of ether oxygens (including phenoxy) is 1. The summed E-state index contributed by atoms with van der Waals surface area (Å²) in [5.74, 6) is 0.00667. The summed E-state index contributed by atoms with van der Waals surface area (Å²) < 4.78 is 5.32. The standard InChI is InChI=1S/C16H20N4O2/c1-22-11-16(4-8-17-9-5-16)15(21)20-14-3-7-19-13-2-6-18-10-12(13)14/h2-3,6-7,10,17H,4-5,8-9,11H2,1H3,(H,19,20,21). The summed E-state index contributed by atoms with van der Waals surface area (Å²) >= 11 is 0. The van der Waals surface area contributed by atoms with E-state index in [-0.39, 0.29) is 5.91 Å². The van der Waals surface area contributed by atoms with Crippen molar-refractivity contribution in [2.45, 2.75) is 12.8 Å². The van der Waals surface area contributed by atoms with Crippen LogP contribution in [0.1, 0.15) is 12.8 Å². The Bertz CT molecular complexity index is 657. The summed E-state index contributed by atoms with van der Waals surface area (Å²) in [7, 11) is 1.64. The highest BCUT2D eigenvalue weighted by atomic mass is 16.5. The first kappa shape index (κ1) is 14.9. The average molecular weight is 300 g/mol. The molecule has 0 aliphatic carbocycles. The van der Waals surface area contributed by atoms with Crippen molar-refractivity contribution in [3.63, 3.8) is 0 Å². The minimum Gasteiger partial charge on any atom is -0.384 e. The van der Waals surface area contributed by atoms with Gasteiger partial charge in [0.15, 0.2) is 0 Å². The van der Waals surface area contributed by atoms with Gasteiger partial charge in [0.05, 0.1) is 23.2 Å². The topological polar surface area (TPSA) is 76.1 Å². The van der Waals surface area contributed by atoms with Crippen LogP contribution in [0, 0.1) is 5.41 Å². The molecule has 2 aromatic heterocycles. The second-order valence-electron chi connectivity index (χ2n) is 5.67. The SMILES string of the molecule is COCC1(C(=O)Nc2ccnc3ccncc23)CCNCC1. The average Bonchev–Trinajstić information content (AvgIpc) is 2.56. The lowest BCUT2D eigenvalue weighted by molar-refractivity contribution is -0.130. The second kappa shape index (κ2) is 6.37. The third-order valence-electron chi connectivity index (χ3n) is 4.25. The van der Waals surface area contributed by atoms with Crippen LogP contribution >= 0.6 is 0 Å². The lowest BCUT2D eigenvalue weighted by atomic mass is 9.78. The van der Waals surface area contributed by atoms with E-state index in [1.54, 1.807) is 25.7 Å². The molecular formula is C16H20N4O2. The molecule has 0 spiro atoms. The molecule has 6 nitrogen and oxygen atoms in total. The van der Waals surface area contributed by atoms with Crippen molar-refractivity contribution < 1.29 is 9.53 Å². The number of carbonyl (C=O) groups excluding carboxylic acids is 1. The first-order valence-electron chi connectivity index (χ1n) is 7.45. The molecule has 2 aromatic rings. The van der Waals surface area contributed by atoms with E-state index in [0.717, 1.165) is 42.5 Å². The number of methoxy groups -OCH3 is 1. The number of aromatic nitrogens is 2. The minimum absolute atomic E-state index is 0.00667. The van der Waals surface area contributed by atoms with E-state index < -0.39 is 5.41 Å². The van der Waals surface area contributed by atoms with Crippen molar-refractivity contribution in [1.82, 2.24) is 15.3 Å². The molecule has 1 fully saturated rings. The smallest absolute Gasteiger partial charge is 0.233 e. The zero-order chi connectivity index (χ0) is 15.4. The highest BCUT2D eigenvalue weighted by Gasteiger charge is 2.39. The van der Waals surface area contributed by atoms with Gasteiger partial charge in [0.1, 0.15) is 0 Å². The molecule has 0 unspecified atom stereocenters. The van der Waals surface area contributed by atoms with E-state index in [1.807, 2.05) is 12.1 Å². The fraction of sp³-hybridized carbons (Fsp3) is 0.438. The molecule has 0 saturated carbocycles. The highest BCUT2D eigenvalue weighted by molar-refractivity contribution is 6.02. The molecule has 2 N–H and O–H groups in total. The van der Waals surface area contributed by atoms with Crippen molar-refractivity contribution in [2.24, 2.45) is 5.41 Å². The van der Waals surface area contributed by atoms with Gasteiger partial charge >= 0.3 is 0 Å². The number of anilines is 1. The summed E-state index contributed by atoms with van der Waals surface area (Å²) in [5, 5.41) is 7.19. The fourth-order valence-corrected chi connectivity index (χ4v) is 2.97. The number of amides is 1. The number of nitrogens with one attached hydrogen (secondary N) is 2. The molecule has 1 aliphatic heterocycles. The molecule has 0 atom stereocenters. The molecule has 22 heavy (non-hydrogen) atoms. The molecule has 0 aromatic carbocycles. The largest absolute Gasteiger partial charge is 0.384 e. The summed E-state index contributed by atoms with van der Waals surface area (Å²) in [4.78, 5) is 21.3. The van der Waals surface area contributed by atoms with Gasteiger partial charge in [-0.25, -0.2) is 0 Å². The molecule has 1 saturated heterocycles. The summed E-state index contributed by atoms with van der Waals surface area (Å²) in [6, 6.07) is 3.64. The van der Waals surface area contributed by atoms with Crippen LogP contribution in [0.2, 0.25) is 0 Å². The van der Waals surface area contributed by atoms with Gasteiger partial charge in [-0.1, -0.05) is 0 Å². The number of hydrogen-bond donors (Lipinski definition) is 2. The highest BCUT2D eigenvalue weighted by Crippen LogP contribution is 2.32. The molecule has 3 rings (SSSR count). The van der Waals surface area contributed by atoms with Crippen molar-refractivity contribution in [3.05, 3.63) is 30.7 Å². The van der Waals surface area contributed by atoms with E-state index in [1.165, 1.54) is 0 Å². The molecule has 116 valence electrons. The first-order chi connectivity index (χ1) is 10.7. The first-order valence-corrected chi connectivity index (χ1v) is 7.45. The van der Waals surface area contributed by atoms with Crippen LogP contribution in [0.3, 0.4) is 0 Å². The zero-order valence-electron chi connectivity index (χ0n) is 12.6. The summed E-state index contributed by atoms with van der Waals surface area (Å²) in [6.07, 6.45) is 6.66. The molecule has 1 aliphatic rings. The third kappa shape index (κ3) is 2.80. The maximum absolute atomic E-state index is 12.9. The van der Waals surface area contributed by atoms with E-state index >= 15 is 0 Å². The summed E-state index contributed by atoms with van der Waals surface area (Å²) in [5.41, 5.74) is 1.09. The van der Waals surface area contributed by atoms with E-state index in [9.17, 15) is 4.79 Å². The van der Waals surface area contributed by atoms with Crippen LogP contribution in [0.25, 0.3) is 10.9 Å². The Morgan fingerprint density at radius 3 is 2.95 bits per heavy atom. The molecule has 3 heterocycles. The Morgan fingerprint density at radius 1 is 1.36 bits per heavy atom. The van der Waals surface area contributed by atoms with Crippen LogP contribution in [0.5, 0.6) is 0 Å². The van der Waals surface area contributed by atoms with E-state index in [0.29, 0.717) is 6.61 Å². The van der Waals surface area contributed by atoms with Gasteiger partial charge in [0, 0.05) is 31.1 Å². The lowest BCUT2D eigenvalue weighted by Gasteiger charge is -2.35. The second-order valence-corrected chi connectivity index (χ2v) is 5.67. The number of fused-ring (bicyclic) bond motifs is 1. The van der Waals surface area contributed by atoms with Crippen molar-refractivity contribution in [2.75, 3.05) is 32.1 Å². The Hall–Kier alpha value is -2.05. The van der Waals surface area contributed by atoms with Gasteiger partial charge in [-0.3, -0.25) is 14.8 Å². The normalized spacial score (nSPS) is 17.3. The Kier molecular flexibility index (Phi) is 4.31.